The third-order valence-corrected chi connectivity index (χ3v) is 5.00. The van der Waals surface area contributed by atoms with Crippen LogP contribution in [0.3, 0.4) is 0 Å². The molecule has 0 aromatic carbocycles. The molecule has 1 aromatic heterocycles. The van der Waals surface area contributed by atoms with Crippen molar-refractivity contribution in [1.82, 2.24) is 19.7 Å². The molecule has 23 heavy (non-hydrogen) atoms. The second kappa shape index (κ2) is 8.41. The summed E-state index contributed by atoms with van der Waals surface area (Å²) in [5, 5.41) is 0. The van der Waals surface area contributed by atoms with E-state index in [4.69, 9.17) is 0 Å². The molecule has 3 rings (SSSR count). The Morgan fingerprint density at radius 1 is 0.913 bits per heavy atom. The van der Waals surface area contributed by atoms with Crippen LogP contribution in [0, 0.1) is 0 Å². The summed E-state index contributed by atoms with van der Waals surface area (Å²) in [7, 11) is 0. The van der Waals surface area contributed by atoms with Crippen LogP contribution in [-0.2, 0) is 11.2 Å². The van der Waals surface area contributed by atoms with Crippen LogP contribution in [-0.4, -0.2) is 77.9 Å². The molecule has 0 spiro atoms. The van der Waals surface area contributed by atoms with Crippen LogP contribution in [0.2, 0.25) is 0 Å². The van der Waals surface area contributed by atoms with Gasteiger partial charge in [-0.2, -0.15) is 0 Å². The smallest absolute Gasteiger partial charge is 0.236 e. The number of carbonyl (C=O) groups is 1. The first-order valence-electron chi connectivity index (χ1n) is 8.93. The van der Waals surface area contributed by atoms with Gasteiger partial charge in [-0.1, -0.05) is 0 Å². The van der Waals surface area contributed by atoms with E-state index in [1.807, 2.05) is 12.4 Å². The maximum Gasteiger partial charge on any atom is 0.236 e. The first kappa shape index (κ1) is 16.4. The van der Waals surface area contributed by atoms with Crippen LogP contribution in [0.25, 0.3) is 0 Å². The molecule has 5 nitrogen and oxygen atoms in total. The van der Waals surface area contributed by atoms with Crippen molar-refractivity contribution < 1.29 is 4.79 Å². The molecule has 0 unspecified atom stereocenters. The molecule has 1 aromatic rings. The maximum absolute atomic E-state index is 12.3. The predicted molar refractivity (Wildman–Crippen MR) is 91.3 cm³/mol. The Kier molecular flexibility index (Phi) is 6.00. The van der Waals surface area contributed by atoms with Gasteiger partial charge in [0.05, 0.1) is 6.54 Å². The van der Waals surface area contributed by atoms with Gasteiger partial charge in [-0.3, -0.25) is 14.7 Å². The van der Waals surface area contributed by atoms with E-state index in [1.165, 1.54) is 24.8 Å². The van der Waals surface area contributed by atoms with E-state index in [-0.39, 0.29) is 0 Å². The van der Waals surface area contributed by atoms with Crippen molar-refractivity contribution in [1.29, 1.82) is 0 Å². The molecule has 1 amide bonds. The predicted octanol–water partition coefficient (Wildman–Crippen LogP) is 1.25. The summed E-state index contributed by atoms with van der Waals surface area (Å²) in [6.07, 6.45) is 8.43. The average molecular weight is 316 g/mol. The summed E-state index contributed by atoms with van der Waals surface area (Å²) >= 11 is 0. The summed E-state index contributed by atoms with van der Waals surface area (Å²) in [4.78, 5) is 23.3. The Balaban J connectivity index is 1.36. The lowest BCUT2D eigenvalue weighted by molar-refractivity contribution is -0.133. The summed E-state index contributed by atoms with van der Waals surface area (Å²) in [5.74, 6) is 0.329. The molecule has 0 atom stereocenters. The fourth-order valence-corrected chi connectivity index (χ4v) is 3.44. The molecule has 0 saturated carbocycles. The Morgan fingerprint density at radius 2 is 1.57 bits per heavy atom. The summed E-state index contributed by atoms with van der Waals surface area (Å²) in [6.45, 7) is 7.79. The highest BCUT2D eigenvalue weighted by Crippen LogP contribution is 2.10. The second-order valence-electron chi connectivity index (χ2n) is 6.66. The van der Waals surface area contributed by atoms with Gasteiger partial charge in [0.15, 0.2) is 0 Å². The lowest BCUT2D eigenvalue weighted by Gasteiger charge is -2.36. The molecule has 0 radical (unpaired) electrons. The first-order chi connectivity index (χ1) is 11.3. The lowest BCUT2D eigenvalue weighted by Crippen LogP contribution is -2.50. The van der Waals surface area contributed by atoms with E-state index in [9.17, 15) is 4.79 Å². The quantitative estimate of drug-likeness (QED) is 0.820. The van der Waals surface area contributed by atoms with Crippen LogP contribution in [0.1, 0.15) is 24.8 Å². The van der Waals surface area contributed by atoms with Crippen molar-refractivity contribution in [2.75, 3.05) is 52.4 Å². The molecule has 5 heteroatoms. The van der Waals surface area contributed by atoms with E-state index >= 15 is 0 Å². The van der Waals surface area contributed by atoms with Gasteiger partial charge in [-0.05, 0) is 43.4 Å². The Morgan fingerprint density at radius 3 is 2.26 bits per heavy atom. The molecule has 2 saturated heterocycles. The van der Waals surface area contributed by atoms with E-state index in [0.717, 1.165) is 52.2 Å². The number of rotatable bonds is 5. The number of hydrogen-bond donors (Lipinski definition) is 0. The normalized spacial score (nSPS) is 20.6. The summed E-state index contributed by atoms with van der Waals surface area (Å²) < 4.78 is 0. The topological polar surface area (TPSA) is 39.7 Å². The highest BCUT2D eigenvalue weighted by molar-refractivity contribution is 5.78. The van der Waals surface area contributed by atoms with Crippen molar-refractivity contribution in [2.24, 2.45) is 0 Å². The third-order valence-electron chi connectivity index (χ3n) is 5.00. The Hall–Kier alpha value is -1.46. The van der Waals surface area contributed by atoms with Crippen molar-refractivity contribution in [3.63, 3.8) is 0 Å². The lowest BCUT2D eigenvalue weighted by atomic mass is 10.1. The molecule has 126 valence electrons. The van der Waals surface area contributed by atoms with E-state index in [0.29, 0.717) is 12.5 Å². The van der Waals surface area contributed by atoms with Crippen LogP contribution < -0.4 is 0 Å². The fourth-order valence-electron chi connectivity index (χ4n) is 3.44. The van der Waals surface area contributed by atoms with Gasteiger partial charge in [-0.25, -0.2) is 0 Å². The summed E-state index contributed by atoms with van der Waals surface area (Å²) in [5.41, 5.74) is 1.35. The molecule has 2 aliphatic rings. The van der Waals surface area contributed by atoms with Crippen molar-refractivity contribution in [3.05, 3.63) is 30.1 Å². The standard InChI is InChI=1S/C18H28N4O/c23-18(22-9-2-1-3-10-22)16-21-14-12-20(13-15-21)11-6-17-4-7-19-8-5-17/h4-5,7-8H,1-3,6,9-16H2. The van der Waals surface area contributed by atoms with E-state index in [1.54, 1.807) is 0 Å². The number of likely N-dealkylation sites (tertiary alicyclic amines) is 1. The average Bonchev–Trinajstić information content (AvgIpc) is 2.63. The van der Waals surface area contributed by atoms with Gasteiger partial charge in [0, 0.05) is 58.2 Å². The van der Waals surface area contributed by atoms with Gasteiger partial charge in [0.2, 0.25) is 5.91 Å². The first-order valence-corrected chi connectivity index (χ1v) is 8.93. The molecular weight excluding hydrogens is 288 g/mol. The number of nitrogens with zero attached hydrogens (tertiary/aromatic N) is 4. The third kappa shape index (κ3) is 5.01. The SMILES string of the molecule is O=C(CN1CCN(CCc2ccncc2)CC1)N1CCCCC1. The number of piperazine rings is 1. The number of aromatic nitrogens is 1. The Labute approximate surface area is 139 Å². The number of piperidine rings is 1. The monoisotopic (exact) mass is 316 g/mol. The van der Waals surface area contributed by atoms with Crippen LogP contribution in [0.5, 0.6) is 0 Å². The minimum absolute atomic E-state index is 0.329. The largest absolute Gasteiger partial charge is 0.342 e. The molecule has 2 fully saturated rings. The molecule has 0 N–H and O–H groups in total. The highest BCUT2D eigenvalue weighted by atomic mass is 16.2. The van der Waals surface area contributed by atoms with Gasteiger partial charge in [-0.15, -0.1) is 0 Å². The van der Waals surface area contributed by atoms with Gasteiger partial charge >= 0.3 is 0 Å². The zero-order chi connectivity index (χ0) is 15.9. The van der Waals surface area contributed by atoms with Crippen LogP contribution >= 0.6 is 0 Å². The number of carbonyl (C=O) groups excluding carboxylic acids is 1. The molecule has 0 aliphatic carbocycles. The van der Waals surface area contributed by atoms with Gasteiger partial charge in [0.25, 0.3) is 0 Å². The number of pyridine rings is 1. The maximum atomic E-state index is 12.3. The van der Waals surface area contributed by atoms with Crippen LogP contribution in [0.4, 0.5) is 0 Å². The van der Waals surface area contributed by atoms with Gasteiger partial charge in [0.1, 0.15) is 0 Å². The number of hydrogen-bond acceptors (Lipinski definition) is 4. The van der Waals surface area contributed by atoms with Gasteiger partial charge < -0.3 is 9.80 Å². The van der Waals surface area contributed by atoms with Crippen molar-refractivity contribution in [3.8, 4) is 0 Å². The van der Waals surface area contributed by atoms with Crippen molar-refractivity contribution in [2.45, 2.75) is 25.7 Å². The number of amides is 1. The second-order valence-corrected chi connectivity index (χ2v) is 6.66. The minimum atomic E-state index is 0.329. The van der Waals surface area contributed by atoms with E-state index < -0.39 is 0 Å². The molecule has 2 aliphatic heterocycles. The minimum Gasteiger partial charge on any atom is -0.342 e. The van der Waals surface area contributed by atoms with E-state index in [2.05, 4.69) is 31.8 Å². The zero-order valence-electron chi connectivity index (χ0n) is 14.0. The Bertz CT molecular complexity index is 479. The fraction of sp³-hybridized carbons (Fsp3) is 0.667. The summed E-state index contributed by atoms with van der Waals surface area (Å²) in [6, 6.07) is 4.18. The zero-order valence-corrected chi connectivity index (χ0v) is 14.0. The molecule has 3 heterocycles. The highest BCUT2D eigenvalue weighted by Gasteiger charge is 2.22. The molecular formula is C18H28N4O. The van der Waals surface area contributed by atoms with Crippen molar-refractivity contribution >= 4 is 5.91 Å². The van der Waals surface area contributed by atoms with Crippen LogP contribution in [0.15, 0.2) is 24.5 Å². The molecule has 0 bridgehead atoms.